The molecule has 2 rings (SSSR count). The second-order valence-corrected chi connectivity index (χ2v) is 4.37. The Morgan fingerprint density at radius 3 is 3.08 bits per heavy atom. The van der Waals surface area contributed by atoms with E-state index in [2.05, 4.69) is 10.3 Å². The molecular formula is C8H12FN3S. The molecule has 1 unspecified atom stereocenters. The minimum absolute atomic E-state index is 0.384. The Kier molecular flexibility index (Phi) is 2.21. The van der Waals surface area contributed by atoms with E-state index in [4.69, 9.17) is 5.73 Å². The monoisotopic (exact) mass is 201 g/mol. The van der Waals surface area contributed by atoms with Gasteiger partial charge in [0.2, 0.25) is 0 Å². The Hall–Kier alpha value is -0.680. The van der Waals surface area contributed by atoms with Crippen LogP contribution in [0.25, 0.3) is 0 Å². The van der Waals surface area contributed by atoms with Gasteiger partial charge >= 0.3 is 0 Å². The fraction of sp³-hybridized carbons (Fsp3) is 0.625. The van der Waals surface area contributed by atoms with Crippen LogP contribution in [0, 0.1) is 0 Å². The molecule has 0 bridgehead atoms. The molecule has 0 radical (unpaired) electrons. The zero-order valence-electron chi connectivity index (χ0n) is 7.22. The predicted octanol–water partition coefficient (Wildman–Crippen LogP) is 1.27. The maximum absolute atomic E-state index is 14.2. The van der Waals surface area contributed by atoms with Crippen LogP contribution >= 0.6 is 11.3 Å². The molecular weight excluding hydrogens is 189 g/mol. The van der Waals surface area contributed by atoms with E-state index in [1.54, 1.807) is 6.20 Å². The summed E-state index contributed by atoms with van der Waals surface area (Å²) in [6.07, 6.45) is 2.99. The van der Waals surface area contributed by atoms with Crippen molar-refractivity contribution < 1.29 is 4.39 Å². The molecule has 0 aromatic carbocycles. The molecule has 0 saturated carbocycles. The highest BCUT2D eigenvalue weighted by Gasteiger charge is 2.35. The van der Waals surface area contributed by atoms with Crippen molar-refractivity contribution in [3.63, 3.8) is 0 Å². The lowest BCUT2D eigenvalue weighted by Gasteiger charge is -2.28. The Balaban J connectivity index is 2.22. The van der Waals surface area contributed by atoms with E-state index < -0.39 is 5.67 Å². The van der Waals surface area contributed by atoms with Gasteiger partial charge in [0.25, 0.3) is 0 Å². The molecule has 0 amide bonds. The molecule has 1 aliphatic rings. The maximum atomic E-state index is 14.2. The lowest BCUT2D eigenvalue weighted by Crippen LogP contribution is -2.39. The molecule has 1 saturated heterocycles. The molecule has 72 valence electrons. The Bertz CT molecular complexity index is 293. The molecule has 1 fully saturated rings. The summed E-state index contributed by atoms with van der Waals surface area (Å²) in [6, 6.07) is 0. The fourth-order valence-electron chi connectivity index (χ4n) is 1.57. The summed E-state index contributed by atoms with van der Waals surface area (Å²) < 4.78 is 14.2. The molecule has 2 heterocycles. The molecule has 1 aromatic heterocycles. The van der Waals surface area contributed by atoms with Gasteiger partial charge in [-0.2, -0.15) is 0 Å². The van der Waals surface area contributed by atoms with Crippen LogP contribution < -0.4 is 11.1 Å². The number of aromatic nitrogens is 1. The van der Waals surface area contributed by atoms with Crippen molar-refractivity contribution in [2.24, 2.45) is 0 Å². The van der Waals surface area contributed by atoms with Gasteiger partial charge in [-0.25, -0.2) is 9.37 Å². The topological polar surface area (TPSA) is 50.9 Å². The van der Waals surface area contributed by atoms with E-state index in [-0.39, 0.29) is 0 Å². The summed E-state index contributed by atoms with van der Waals surface area (Å²) in [5.41, 5.74) is 4.22. The standard InChI is InChI=1S/C8H12FN3S/c9-8(2-1-3-11-5-8)6-4-12-7(10)13-6/h4,11H,1-3,5H2,(H2,10,12). The normalized spacial score (nSPS) is 29.0. The number of anilines is 1. The fourth-order valence-corrected chi connectivity index (χ4v) is 2.37. The number of hydrogen-bond donors (Lipinski definition) is 2. The number of thiazole rings is 1. The SMILES string of the molecule is Nc1ncc(C2(F)CCCNC2)s1. The number of alkyl halides is 1. The number of piperidine rings is 1. The third-order valence-corrected chi connectivity index (χ3v) is 3.30. The number of nitrogen functional groups attached to an aromatic ring is 1. The van der Waals surface area contributed by atoms with Gasteiger partial charge < -0.3 is 11.1 Å². The summed E-state index contributed by atoms with van der Waals surface area (Å²) in [5, 5.41) is 3.49. The number of nitrogens with zero attached hydrogens (tertiary/aromatic N) is 1. The van der Waals surface area contributed by atoms with E-state index in [0.717, 1.165) is 13.0 Å². The second kappa shape index (κ2) is 3.23. The van der Waals surface area contributed by atoms with Crippen molar-refractivity contribution in [1.29, 1.82) is 0 Å². The maximum Gasteiger partial charge on any atom is 0.180 e. The van der Waals surface area contributed by atoms with Crippen LogP contribution in [-0.2, 0) is 5.67 Å². The number of nitrogens with two attached hydrogens (primary N) is 1. The van der Waals surface area contributed by atoms with Gasteiger partial charge in [-0.05, 0) is 19.4 Å². The van der Waals surface area contributed by atoms with Gasteiger partial charge in [0.05, 0.1) is 4.88 Å². The molecule has 0 spiro atoms. The first kappa shape index (κ1) is 8.90. The molecule has 1 atom stereocenters. The lowest BCUT2D eigenvalue weighted by atomic mass is 9.95. The van der Waals surface area contributed by atoms with E-state index >= 15 is 0 Å². The van der Waals surface area contributed by atoms with Crippen LogP contribution in [0.1, 0.15) is 17.7 Å². The van der Waals surface area contributed by atoms with Crippen LogP contribution in [-0.4, -0.2) is 18.1 Å². The van der Waals surface area contributed by atoms with Gasteiger partial charge in [0, 0.05) is 12.7 Å². The van der Waals surface area contributed by atoms with Crippen molar-refractivity contribution in [2.75, 3.05) is 18.8 Å². The summed E-state index contributed by atoms with van der Waals surface area (Å²) in [5.74, 6) is 0. The Morgan fingerprint density at radius 1 is 1.69 bits per heavy atom. The third-order valence-electron chi connectivity index (χ3n) is 2.30. The molecule has 3 N–H and O–H groups in total. The second-order valence-electron chi connectivity index (χ2n) is 3.31. The van der Waals surface area contributed by atoms with Crippen molar-refractivity contribution in [3.05, 3.63) is 11.1 Å². The van der Waals surface area contributed by atoms with E-state index in [0.29, 0.717) is 23.0 Å². The molecule has 1 aromatic rings. The number of rotatable bonds is 1. The van der Waals surface area contributed by atoms with Gasteiger partial charge in [0.1, 0.15) is 0 Å². The first-order chi connectivity index (χ1) is 6.21. The highest BCUT2D eigenvalue weighted by atomic mass is 32.1. The number of hydrogen-bond acceptors (Lipinski definition) is 4. The smallest absolute Gasteiger partial charge is 0.180 e. The molecule has 0 aliphatic carbocycles. The number of nitrogens with one attached hydrogen (secondary N) is 1. The third kappa shape index (κ3) is 1.66. The van der Waals surface area contributed by atoms with E-state index in [9.17, 15) is 4.39 Å². The molecule has 1 aliphatic heterocycles. The predicted molar refractivity (Wildman–Crippen MR) is 51.4 cm³/mol. The largest absolute Gasteiger partial charge is 0.375 e. The molecule has 13 heavy (non-hydrogen) atoms. The van der Waals surface area contributed by atoms with Crippen molar-refractivity contribution >= 4 is 16.5 Å². The quantitative estimate of drug-likeness (QED) is 0.719. The average molecular weight is 201 g/mol. The Morgan fingerprint density at radius 2 is 2.54 bits per heavy atom. The van der Waals surface area contributed by atoms with E-state index in [1.165, 1.54) is 11.3 Å². The van der Waals surface area contributed by atoms with Crippen LogP contribution in [0.5, 0.6) is 0 Å². The van der Waals surface area contributed by atoms with Crippen LogP contribution in [0.2, 0.25) is 0 Å². The summed E-state index contributed by atoms with van der Waals surface area (Å²) >= 11 is 1.24. The Labute approximate surface area is 80.2 Å². The van der Waals surface area contributed by atoms with E-state index in [1.807, 2.05) is 0 Å². The van der Waals surface area contributed by atoms with Gasteiger partial charge in [0.15, 0.2) is 10.8 Å². The summed E-state index contributed by atoms with van der Waals surface area (Å²) in [7, 11) is 0. The zero-order valence-corrected chi connectivity index (χ0v) is 8.03. The minimum Gasteiger partial charge on any atom is -0.375 e. The minimum atomic E-state index is -1.24. The van der Waals surface area contributed by atoms with Crippen molar-refractivity contribution in [3.8, 4) is 0 Å². The first-order valence-corrected chi connectivity index (χ1v) is 5.14. The molecule has 5 heteroatoms. The number of halogens is 1. The first-order valence-electron chi connectivity index (χ1n) is 4.32. The highest BCUT2D eigenvalue weighted by molar-refractivity contribution is 7.15. The van der Waals surface area contributed by atoms with Crippen LogP contribution in [0.3, 0.4) is 0 Å². The summed E-state index contributed by atoms with van der Waals surface area (Å²) in [6.45, 7) is 1.29. The summed E-state index contributed by atoms with van der Waals surface area (Å²) in [4.78, 5) is 4.52. The molecule has 3 nitrogen and oxygen atoms in total. The lowest BCUT2D eigenvalue weighted by molar-refractivity contribution is 0.126. The van der Waals surface area contributed by atoms with Gasteiger partial charge in [-0.3, -0.25) is 0 Å². The van der Waals surface area contributed by atoms with Crippen molar-refractivity contribution in [2.45, 2.75) is 18.5 Å². The zero-order chi connectivity index (χ0) is 9.31. The van der Waals surface area contributed by atoms with Crippen LogP contribution in [0.15, 0.2) is 6.20 Å². The van der Waals surface area contributed by atoms with Crippen LogP contribution in [0.4, 0.5) is 9.52 Å². The van der Waals surface area contributed by atoms with Gasteiger partial charge in [-0.1, -0.05) is 11.3 Å². The average Bonchev–Trinajstić information content (AvgIpc) is 2.54. The van der Waals surface area contributed by atoms with Gasteiger partial charge in [-0.15, -0.1) is 0 Å². The van der Waals surface area contributed by atoms with Crippen molar-refractivity contribution in [1.82, 2.24) is 10.3 Å². The highest BCUT2D eigenvalue weighted by Crippen LogP contribution is 2.36.